The number of aliphatic imine (C=N–C) groups is 1. The number of morpholine rings is 1. The molecule has 3 aliphatic rings. The van der Waals surface area contributed by atoms with Crippen LogP contribution in [-0.2, 0) is 4.74 Å². The topological polar surface area (TPSA) is 40.1 Å². The van der Waals surface area contributed by atoms with Gasteiger partial charge in [0.25, 0.3) is 0 Å². The smallest absolute Gasteiger partial charge is 0.129 e. The fraction of sp³-hybridized carbons (Fsp3) is 0.438. The number of rotatable bonds is 2. The summed E-state index contributed by atoms with van der Waals surface area (Å²) in [5.41, 5.74) is 2.41. The molecule has 0 amide bonds. The maximum Gasteiger partial charge on any atom is 0.129 e. The summed E-state index contributed by atoms with van der Waals surface area (Å²) >= 11 is 6.02. The number of ether oxygens (including phenoxy) is 1. The third kappa shape index (κ3) is 2.44. The molecule has 1 N–H and O–H groups in total. The zero-order valence-electron chi connectivity index (χ0n) is 12.3. The van der Waals surface area contributed by atoms with E-state index in [1.165, 1.54) is 17.1 Å². The molecule has 116 valence electrons. The predicted octanol–water partition coefficient (Wildman–Crippen LogP) is 1.83. The fourth-order valence-corrected chi connectivity index (χ4v) is 3.33. The second kappa shape index (κ2) is 5.82. The maximum atomic E-state index is 6.02. The van der Waals surface area contributed by atoms with Gasteiger partial charge in [0.15, 0.2) is 0 Å². The highest BCUT2D eigenvalue weighted by Gasteiger charge is 2.35. The molecule has 1 saturated heterocycles. The molecule has 3 aliphatic heterocycles. The van der Waals surface area contributed by atoms with Crippen LogP contribution in [0, 0.1) is 0 Å². The van der Waals surface area contributed by atoms with E-state index in [4.69, 9.17) is 16.3 Å². The minimum absolute atomic E-state index is 0.150. The van der Waals surface area contributed by atoms with Crippen LogP contribution in [0.2, 0.25) is 5.02 Å². The Morgan fingerprint density at radius 2 is 1.91 bits per heavy atom. The first-order valence-electron chi connectivity index (χ1n) is 7.68. The molecule has 1 unspecified atom stereocenters. The number of fused-ring (bicyclic) bond motifs is 1. The summed E-state index contributed by atoms with van der Waals surface area (Å²) in [5.74, 6) is 1.17. The summed E-state index contributed by atoms with van der Waals surface area (Å²) < 4.78 is 5.47. The van der Waals surface area contributed by atoms with Gasteiger partial charge in [-0.25, -0.2) is 0 Å². The standard InChI is InChI=1S/C16H19ClN4O/c17-13-3-1-12(2-4-13)15-19-16(20-7-9-22-10-8-20)14-11-18-5-6-21(14)15/h1-4,11,15,19H,5-10H2. The molecule has 1 aromatic carbocycles. The molecular weight excluding hydrogens is 300 g/mol. The van der Waals surface area contributed by atoms with E-state index in [1.54, 1.807) is 0 Å². The Morgan fingerprint density at radius 3 is 2.68 bits per heavy atom. The van der Waals surface area contributed by atoms with E-state index < -0.39 is 0 Å². The van der Waals surface area contributed by atoms with E-state index in [-0.39, 0.29) is 6.17 Å². The lowest BCUT2D eigenvalue weighted by atomic mass is 10.1. The van der Waals surface area contributed by atoms with Crippen molar-refractivity contribution in [3.05, 3.63) is 46.4 Å². The summed E-state index contributed by atoms with van der Waals surface area (Å²) in [6.07, 6.45) is 2.15. The van der Waals surface area contributed by atoms with Crippen LogP contribution in [-0.4, -0.2) is 55.4 Å². The van der Waals surface area contributed by atoms with Gasteiger partial charge in [-0.15, -0.1) is 0 Å². The van der Waals surface area contributed by atoms with Crippen molar-refractivity contribution in [2.24, 2.45) is 4.99 Å². The summed E-state index contributed by atoms with van der Waals surface area (Å²) in [4.78, 5) is 9.21. The molecule has 0 aliphatic carbocycles. The molecular formula is C16H19ClN4O. The van der Waals surface area contributed by atoms with Gasteiger partial charge in [0.05, 0.1) is 25.5 Å². The van der Waals surface area contributed by atoms with Crippen molar-refractivity contribution < 1.29 is 4.74 Å². The highest BCUT2D eigenvalue weighted by atomic mass is 35.5. The zero-order valence-corrected chi connectivity index (χ0v) is 13.1. The molecule has 5 nitrogen and oxygen atoms in total. The van der Waals surface area contributed by atoms with Crippen LogP contribution in [0.15, 0.2) is 40.8 Å². The van der Waals surface area contributed by atoms with E-state index in [9.17, 15) is 0 Å². The average Bonchev–Trinajstić information content (AvgIpc) is 2.96. The van der Waals surface area contributed by atoms with Crippen LogP contribution in [0.4, 0.5) is 0 Å². The maximum absolute atomic E-state index is 6.02. The first-order valence-corrected chi connectivity index (χ1v) is 8.06. The Kier molecular flexibility index (Phi) is 3.68. The Labute approximate surface area is 135 Å². The quantitative estimate of drug-likeness (QED) is 0.903. The first kappa shape index (κ1) is 13.9. The van der Waals surface area contributed by atoms with Crippen molar-refractivity contribution in [2.45, 2.75) is 6.17 Å². The largest absolute Gasteiger partial charge is 0.378 e. The molecule has 1 atom stereocenters. The molecule has 3 heterocycles. The van der Waals surface area contributed by atoms with Gasteiger partial charge in [0.1, 0.15) is 12.0 Å². The van der Waals surface area contributed by atoms with E-state index in [0.29, 0.717) is 0 Å². The number of benzene rings is 1. The van der Waals surface area contributed by atoms with E-state index in [0.717, 1.165) is 44.4 Å². The lowest BCUT2D eigenvalue weighted by Gasteiger charge is -2.30. The molecule has 0 spiro atoms. The van der Waals surface area contributed by atoms with E-state index in [2.05, 4.69) is 32.2 Å². The average molecular weight is 319 g/mol. The summed E-state index contributed by atoms with van der Waals surface area (Å²) in [5, 5.41) is 4.45. The molecule has 0 bridgehead atoms. The molecule has 0 aromatic heterocycles. The minimum Gasteiger partial charge on any atom is -0.378 e. The van der Waals surface area contributed by atoms with Gasteiger partial charge in [-0.05, 0) is 17.7 Å². The number of hydrogen-bond acceptors (Lipinski definition) is 5. The van der Waals surface area contributed by atoms with Gasteiger partial charge in [-0.1, -0.05) is 23.7 Å². The molecule has 6 heteroatoms. The van der Waals surface area contributed by atoms with Crippen molar-refractivity contribution in [2.75, 3.05) is 39.4 Å². The Hall–Kier alpha value is -1.72. The number of nitrogens with one attached hydrogen (secondary N) is 1. The van der Waals surface area contributed by atoms with E-state index in [1.807, 2.05) is 18.3 Å². The second-order valence-electron chi connectivity index (χ2n) is 5.66. The highest BCUT2D eigenvalue weighted by Crippen LogP contribution is 2.33. The lowest BCUT2D eigenvalue weighted by molar-refractivity contribution is 0.0503. The third-order valence-corrected chi connectivity index (χ3v) is 4.59. The summed E-state index contributed by atoms with van der Waals surface area (Å²) in [6, 6.07) is 8.07. The van der Waals surface area contributed by atoms with Crippen LogP contribution in [0.5, 0.6) is 0 Å². The highest BCUT2D eigenvalue weighted by molar-refractivity contribution is 6.30. The Balaban J connectivity index is 1.65. The van der Waals surface area contributed by atoms with Gasteiger partial charge in [0, 0.05) is 30.9 Å². The lowest BCUT2D eigenvalue weighted by Crippen LogP contribution is -2.40. The monoisotopic (exact) mass is 318 g/mol. The van der Waals surface area contributed by atoms with Crippen molar-refractivity contribution >= 4 is 17.8 Å². The summed E-state index contributed by atoms with van der Waals surface area (Å²) in [7, 11) is 0. The van der Waals surface area contributed by atoms with Crippen LogP contribution in [0.3, 0.4) is 0 Å². The van der Waals surface area contributed by atoms with Crippen LogP contribution < -0.4 is 5.32 Å². The van der Waals surface area contributed by atoms with Gasteiger partial charge < -0.3 is 19.9 Å². The van der Waals surface area contributed by atoms with Gasteiger partial charge in [0.2, 0.25) is 0 Å². The SMILES string of the molecule is Clc1ccc(C2NC(N3CCOCC3)=C3C=NCCN32)cc1. The second-order valence-corrected chi connectivity index (χ2v) is 6.10. The molecule has 1 aromatic rings. The van der Waals surface area contributed by atoms with Gasteiger partial charge >= 0.3 is 0 Å². The Bertz CT molecular complexity index is 607. The molecule has 1 fully saturated rings. The molecule has 0 radical (unpaired) electrons. The summed E-state index contributed by atoms with van der Waals surface area (Å²) in [6.45, 7) is 5.16. The predicted molar refractivity (Wildman–Crippen MR) is 86.8 cm³/mol. The molecule has 4 rings (SSSR count). The Morgan fingerprint density at radius 1 is 1.14 bits per heavy atom. The zero-order chi connectivity index (χ0) is 14.9. The molecule has 22 heavy (non-hydrogen) atoms. The van der Waals surface area contributed by atoms with Crippen molar-refractivity contribution in [1.82, 2.24) is 15.1 Å². The minimum atomic E-state index is 0.150. The van der Waals surface area contributed by atoms with Crippen LogP contribution >= 0.6 is 11.6 Å². The number of allylic oxidation sites excluding steroid dienone is 1. The number of hydrogen-bond donors (Lipinski definition) is 1. The van der Waals surface area contributed by atoms with Gasteiger partial charge in [-0.2, -0.15) is 0 Å². The van der Waals surface area contributed by atoms with Crippen LogP contribution in [0.1, 0.15) is 11.7 Å². The molecule has 0 saturated carbocycles. The fourth-order valence-electron chi connectivity index (χ4n) is 3.21. The van der Waals surface area contributed by atoms with Gasteiger partial charge in [-0.3, -0.25) is 4.99 Å². The van der Waals surface area contributed by atoms with Crippen molar-refractivity contribution in [3.8, 4) is 0 Å². The van der Waals surface area contributed by atoms with E-state index >= 15 is 0 Å². The van der Waals surface area contributed by atoms with Crippen molar-refractivity contribution in [1.29, 1.82) is 0 Å². The van der Waals surface area contributed by atoms with Crippen molar-refractivity contribution in [3.63, 3.8) is 0 Å². The number of nitrogens with zero attached hydrogens (tertiary/aromatic N) is 3. The third-order valence-electron chi connectivity index (χ3n) is 4.33. The van der Waals surface area contributed by atoms with Crippen LogP contribution in [0.25, 0.3) is 0 Å². The first-order chi connectivity index (χ1) is 10.8. The number of halogens is 1. The normalized spacial score (nSPS) is 24.5.